The number of allylic oxidation sites excluding steroid dienone is 1. The maximum absolute atomic E-state index is 15.2. The monoisotopic (exact) mass is 835 g/mol. The summed E-state index contributed by atoms with van der Waals surface area (Å²) in [6, 6.07) is 19.6. The Bertz CT molecular complexity index is 2030. The molecule has 11 heteroatoms. The number of hydrogen-bond donors (Lipinski definition) is 2. The zero-order valence-electron chi connectivity index (χ0n) is 35.9. The lowest BCUT2D eigenvalue weighted by Gasteiger charge is -2.60. The van der Waals surface area contributed by atoms with Crippen molar-refractivity contribution in [1.29, 1.82) is 0 Å². The van der Waals surface area contributed by atoms with Gasteiger partial charge >= 0.3 is 0 Å². The summed E-state index contributed by atoms with van der Waals surface area (Å²) in [5, 5.41) is 27.0. The van der Waals surface area contributed by atoms with Gasteiger partial charge in [0.15, 0.2) is 0 Å². The first-order valence-electron chi connectivity index (χ1n) is 23.0. The predicted octanol–water partition coefficient (Wildman–Crippen LogP) is 8.25. The first-order chi connectivity index (χ1) is 30.0. The highest BCUT2D eigenvalue weighted by Crippen LogP contribution is 2.62. The van der Waals surface area contributed by atoms with Crippen LogP contribution in [0.1, 0.15) is 99.4 Å². The van der Waals surface area contributed by atoms with Crippen molar-refractivity contribution in [2.24, 2.45) is 22.9 Å². The predicted molar refractivity (Wildman–Crippen MR) is 237 cm³/mol. The fraction of sp³-hybridized carbons (Fsp3) is 0.560. The number of hydrogen-bond acceptors (Lipinski definition) is 10. The van der Waals surface area contributed by atoms with Crippen LogP contribution in [0, 0.1) is 17.8 Å². The molecule has 328 valence electrons. The third-order valence-electron chi connectivity index (χ3n) is 13.4. The molecule has 2 aliphatic carbocycles. The van der Waals surface area contributed by atoms with Crippen LogP contribution in [0.2, 0.25) is 0 Å². The number of carbonyl (C=O) groups excluding carboxylic acids is 1. The second-order valence-corrected chi connectivity index (χ2v) is 17.4. The SMILES string of the molecule is C=CCO[C@@]12Oc3ccc(OCCN4CC4)cc3[C@H]3[C@H](CCCCO)[C@@H](CCCCO)C=C(C(=NOC4CCCCO4)C[C@@H]1N(CCC)C(=O)c1ccc4ccccc4c1)[C@H]32. The summed E-state index contributed by atoms with van der Waals surface area (Å²) in [6.07, 6.45) is 12.4. The summed E-state index contributed by atoms with van der Waals surface area (Å²) < 4.78 is 27.1. The van der Waals surface area contributed by atoms with Crippen molar-refractivity contribution in [1.82, 2.24) is 9.80 Å². The first kappa shape index (κ1) is 43.4. The molecule has 8 rings (SSSR count). The van der Waals surface area contributed by atoms with Crippen molar-refractivity contribution in [2.75, 3.05) is 59.2 Å². The van der Waals surface area contributed by atoms with Gasteiger partial charge in [-0.15, -0.1) is 6.58 Å². The van der Waals surface area contributed by atoms with Crippen LogP contribution in [0.3, 0.4) is 0 Å². The number of fused-ring (bicyclic) bond motifs is 3. The van der Waals surface area contributed by atoms with Gasteiger partial charge < -0.3 is 38.9 Å². The van der Waals surface area contributed by atoms with E-state index in [0.717, 1.165) is 104 Å². The zero-order valence-corrected chi connectivity index (χ0v) is 35.9. The minimum Gasteiger partial charge on any atom is -0.492 e. The molecule has 1 saturated carbocycles. The van der Waals surface area contributed by atoms with Gasteiger partial charge in [0, 0.05) is 69.3 Å². The van der Waals surface area contributed by atoms with Gasteiger partial charge in [-0.05, 0) is 103 Å². The number of nitrogens with zero attached hydrogens (tertiary/aromatic N) is 3. The highest BCUT2D eigenvalue weighted by molar-refractivity contribution is 6.04. The summed E-state index contributed by atoms with van der Waals surface area (Å²) in [6.45, 7) is 11.5. The average Bonchev–Trinajstić information content (AvgIpc) is 4.12. The van der Waals surface area contributed by atoms with E-state index >= 15 is 4.79 Å². The van der Waals surface area contributed by atoms with Crippen LogP contribution in [-0.2, 0) is 14.3 Å². The van der Waals surface area contributed by atoms with Gasteiger partial charge in [-0.25, -0.2) is 0 Å². The topological polar surface area (TPSA) is 122 Å². The second-order valence-electron chi connectivity index (χ2n) is 17.4. The molecule has 61 heavy (non-hydrogen) atoms. The molecule has 1 amide bonds. The Morgan fingerprint density at radius 2 is 1.84 bits per heavy atom. The summed E-state index contributed by atoms with van der Waals surface area (Å²) in [5.74, 6) is -0.164. The molecule has 2 saturated heterocycles. The van der Waals surface area contributed by atoms with E-state index in [0.29, 0.717) is 51.0 Å². The first-order valence-corrected chi connectivity index (χ1v) is 23.0. The van der Waals surface area contributed by atoms with Crippen molar-refractivity contribution in [3.63, 3.8) is 0 Å². The molecule has 5 aliphatic rings. The van der Waals surface area contributed by atoms with E-state index in [2.05, 4.69) is 36.6 Å². The molecule has 0 aromatic heterocycles. The van der Waals surface area contributed by atoms with E-state index in [1.165, 1.54) is 0 Å². The highest BCUT2D eigenvalue weighted by Gasteiger charge is 2.65. The van der Waals surface area contributed by atoms with Gasteiger partial charge in [-0.3, -0.25) is 9.69 Å². The lowest BCUT2D eigenvalue weighted by atomic mass is 9.55. The summed E-state index contributed by atoms with van der Waals surface area (Å²) in [5.41, 5.74) is 3.45. The molecule has 0 spiro atoms. The van der Waals surface area contributed by atoms with Crippen molar-refractivity contribution >= 4 is 22.4 Å². The minimum absolute atomic E-state index is 0.0965. The van der Waals surface area contributed by atoms with Crippen LogP contribution in [0.25, 0.3) is 10.8 Å². The van der Waals surface area contributed by atoms with Gasteiger partial charge in [-0.2, -0.15) is 0 Å². The van der Waals surface area contributed by atoms with Gasteiger partial charge in [0.1, 0.15) is 24.1 Å². The standard InChI is InChI=1S/C50H65N3O8/c1-3-22-53(49(56)38-19-18-35-13-5-6-14-36(35)31-38)45-34-43(51-61-46-17-9-12-29-58-46)41-32-37(15-7-10-26-54)40(16-8-11-27-55)47-42-33-39(57-30-25-52-23-24-52)20-21-44(42)60-50(45,48(41)47)59-28-4-2/h4-6,13-14,18-21,31-33,37,40,45-48,54-55H,2-3,7-12,15-17,22-30,34H2,1H3/t37-,40+,45-,46?,47+,48+,50+/m0/s1. The lowest BCUT2D eigenvalue weighted by molar-refractivity contribution is -0.254. The number of ether oxygens (including phenoxy) is 4. The Morgan fingerprint density at radius 1 is 1.02 bits per heavy atom. The average molecular weight is 836 g/mol. The molecule has 2 N–H and O–H groups in total. The molecule has 11 nitrogen and oxygen atoms in total. The Hall–Kier alpha value is -4.26. The molecule has 3 aliphatic heterocycles. The number of aliphatic hydroxyl groups is 2. The van der Waals surface area contributed by atoms with Crippen molar-refractivity contribution in [3.8, 4) is 11.5 Å². The molecule has 3 aromatic rings. The van der Waals surface area contributed by atoms with E-state index in [1.54, 1.807) is 6.08 Å². The van der Waals surface area contributed by atoms with Gasteiger partial charge in [0.25, 0.3) is 5.91 Å². The minimum atomic E-state index is -1.33. The number of rotatable bonds is 21. The van der Waals surface area contributed by atoms with E-state index in [1.807, 2.05) is 53.4 Å². The maximum Gasteiger partial charge on any atom is 0.254 e. The van der Waals surface area contributed by atoms with Crippen molar-refractivity contribution in [3.05, 3.63) is 96.1 Å². The second kappa shape index (κ2) is 20.3. The number of oxime groups is 1. The molecule has 0 radical (unpaired) electrons. The van der Waals surface area contributed by atoms with E-state index in [4.69, 9.17) is 28.9 Å². The molecule has 0 bridgehead atoms. The third kappa shape index (κ3) is 9.56. The smallest absolute Gasteiger partial charge is 0.254 e. The normalized spacial score (nSPS) is 27.4. The van der Waals surface area contributed by atoms with Crippen molar-refractivity contribution in [2.45, 2.75) is 102 Å². The molecular weight excluding hydrogens is 771 g/mol. The lowest BCUT2D eigenvalue weighted by Crippen LogP contribution is -2.70. The number of unbranched alkanes of at least 4 members (excludes halogenated alkanes) is 2. The quantitative estimate of drug-likeness (QED) is 0.0473. The molecular formula is C50H65N3O8. The Labute approximate surface area is 361 Å². The highest BCUT2D eigenvalue weighted by atomic mass is 16.8. The van der Waals surface area contributed by atoms with Crippen LogP contribution in [0.5, 0.6) is 11.5 Å². The number of aliphatic hydroxyl groups excluding tert-OH is 2. The van der Waals surface area contributed by atoms with Crippen LogP contribution in [0.15, 0.2) is 90.1 Å². The zero-order chi connectivity index (χ0) is 42.2. The summed E-state index contributed by atoms with van der Waals surface area (Å²) in [7, 11) is 0. The van der Waals surface area contributed by atoms with Crippen LogP contribution in [-0.4, -0.2) is 109 Å². The molecule has 3 fully saturated rings. The van der Waals surface area contributed by atoms with E-state index < -0.39 is 24.0 Å². The fourth-order valence-corrected chi connectivity index (χ4v) is 10.4. The van der Waals surface area contributed by atoms with E-state index in [-0.39, 0.29) is 43.5 Å². The number of amides is 1. The van der Waals surface area contributed by atoms with Gasteiger partial charge in [-0.1, -0.05) is 67.4 Å². The summed E-state index contributed by atoms with van der Waals surface area (Å²) >= 11 is 0. The molecule has 3 heterocycles. The van der Waals surface area contributed by atoms with Gasteiger partial charge in [0.2, 0.25) is 12.1 Å². The van der Waals surface area contributed by atoms with Crippen molar-refractivity contribution < 1.29 is 38.8 Å². The van der Waals surface area contributed by atoms with Crippen LogP contribution >= 0.6 is 0 Å². The Kier molecular flexibility index (Phi) is 14.4. The largest absolute Gasteiger partial charge is 0.492 e. The third-order valence-corrected chi connectivity index (χ3v) is 13.4. The Morgan fingerprint density at radius 3 is 2.59 bits per heavy atom. The molecule has 3 aromatic carbocycles. The maximum atomic E-state index is 15.2. The molecule has 7 atom stereocenters. The van der Waals surface area contributed by atoms with Crippen LogP contribution < -0.4 is 9.47 Å². The fourth-order valence-electron chi connectivity index (χ4n) is 10.4. The number of carbonyl (C=O) groups is 1. The summed E-state index contributed by atoms with van der Waals surface area (Å²) in [4.78, 5) is 25.9. The Balaban J connectivity index is 1.31. The van der Waals surface area contributed by atoms with E-state index in [9.17, 15) is 10.2 Å². The molecule has 1 unspecified atom stereocenters. The van der Waals surface area contributed by atoms with Gasteiger partial charge in [0.05, 0.1) is 24.8 Å². The van der Waals surface area contributed by atoms with Crippen LogP contribution in [0.4, 0.5) is 0 Å². The number of benzene rings is 3.